The summed E-state index contributed by atoms with van der Waals surface area (Å²) < 4.78 is 5.53. The maximum absolute atomic E-state index is 11.3. The van der Waals surface area contributed by atoms with E-state index in [9.17, 15) is 9.90 Å². The fourth-order valence-electron chi connectivity index (χ4n) is 3.48. The third kappa shape index (κ3) is 4.34. The molecule has 0 saturated carbocycles. The van der Waals surface area contributed by atoms with Crippen LogP contribution in [0.25, 0.3) is 22.3 Å². The molecular formula is C23H23N5O3. The molecule has 4 aromatic rings. The van der Waals surface area contributed by atoms with Crippen molar-refractivity contribution in [3.05, 3.63) is 66.5 Å². The molecule has 2 aromatic carbocycles. The van der Waals surface area contributed by atoms with Crippen molar-refractivity contribution in [2.75, 3.05) is 24.4 Å². The molecule has 0 aliphatic rings. The average Bonchev–Trinajstić information content (AvgIpc) is 3.22. The molecule has 158 valence electrons. The molecule has 2 aromatic heterocycles. The van der Waals surface area contributed by atoms with Gasteiger partial charge in [0, 0.05) is 24.2 Å². The zero-order valence-electron chi connectivity index (χ0n) is 17.2. The summed E-state index contributed by atoms with van der Waals surface area (Å²) in [5, 5.41) is 16.7. The van der Waals surface area contributed by atoms with Gasteiger partial charge in [0.05, 0.1) is 30.8 Å². The fourth-order valence-corrected chi connectivity index (χ4v) is 3.48. The van der Waals surface area contributed by atoms with E-state index in [1.54, 1.807) is 13.2 Å². The van der Waals surface area contributed by atoms with Crippen LogP contribution in [0.2, 0.25) is 0 Å². The summed E-state index contributed by atoms with van der Waals surface area (Å²) in [6.07, 6.45) is 1.47. The molecule has 4 rings (SSSR count). The maximum Gasteiger partial charge on any atom is 0.221 e. The number of hydrogen-bond donors (Lipinski definition) is 4. The van der Waals surface area contributed by atoms with E-state index in [0.717, 1.165) is 22.2 Å². The van der Waals surface area contributed by atoms with Gasteiger partial charge in [0.15, 0.2) is 0 Å². The Morgan fingerprint density at radius 3 is 2.68 bits per heavy atom. The Morgan fingerprint density at radius 2 is 1.97 bits per heavy atom. The number of fused-ring (bicyclic) bond motifs is 1. The third-order valence-electron chi connectivity index (χ3n) is 4.93. The number of nitrogens with one attached hydrogen (secondary N) is 3. The molecule has 0 aliphatic carbocycles. The van der Waals surface area contributed by atoms with E-state index in [0.29, 0.717) is 22.9 Å². The van der Waals surface area contributed by atoms with Crippen LogP contribution in [0.1, 0.15) is 18.5 Å². The van der Waals surface area contributed by atoms with Gasteiger partial charge in [-0.15, -0.1) is 0 Å². The number of benzene rings is 2. The first-order valence-corrected chi connectivity index (χ1v) is 9.81. The number of nitrogens with zero attached hydrogens (tertiary/aromatic N) is 2. The molecule has 1 amide bonds. The molecule has 0 fully saturated rings. The molecule has 1 atom stereocenters. The van der Waals surface area contributed by atoms with Gasteiger partial charge in [0.2, 0.25) is 5.91 Å². The number of aromatic nitrogens is 3. The van der Waals surface area contributed by atoms with Crippen molar-refractivity contribution < 1.29 is 14.6 Å². The van der Waals surface area contributed by atoms with Gasteiger partial charge in [-0.3, -0.25) is 4.79 Å². The van der Waals surface area contributed by atoms with Crippen LogP contribution >= 0.6 is 0 Å². The van der Waals surface area contributed by atoms with E-state index in [1.807, 2.05) is 48.5 Å². The molecule has 0 spiro atoms. The lowest BCUT2D eigenvalue weighted by molar-refractivity contribution is -0.114. The van der Waals surface area contributed by atoms with Crippen molar-refractivity contribution >= 4 is 28.4 Å². The summed E-state index contributed by atoms with van der Waals surface area (Å²) in [4.78, 5) is 23.4. The first kappa shape index (κ1) is 20.4. The van der Waals surface area contributed by atoms with Crippen molar-refractivity contribution in [3.8, 4) is 17.0 Å². The molecule has 8 nitrogen and oxygen atoms in total. The first-order valence-electron chi connectivity index (χ1n) is 9.81. The van der Waals surface area contributed by atoms with Crippen LogP contribution in [0.4, 0.5) is 11.5 Å². The number of aromatic amines is 1. The Balaban J connectivity index is 1.70. The molecule has 31 heavy (non-hydrogen) atoms. The normalized spacial score (nSPS) is 11.8. The summed E-state index contributed by atoms with van der Waals surface area (Å²) in [5.41, 5.74) is 3.89. The molecule has 0 unspecified atom stereocenters. The van der Waals surface area contributed by atoms with E-state index in [2.05, 4.69) is 25.6 Å². The van der Waals surface area contributed by atoms with Crippen LogP contribution in [-0.4, -0.2) is 39.7 Å². The summed E-state index contributed by atoms with van der Waals surface area (Å²) in [7, 11) is 1.58. The Labute approximate surface area is 179 Å². The molecule has 0 bridgehead atoms. The van der Waals surface area contributed by atoms with Gasteiger partial charge in [0.25, 0.3) is 0 Å². The highest BCUT2D eigenvalue weighted by atomic mass is 16.5. The highest BCUT2D eigenvalue weighted by molar-refractivity contribution is 5.93. The predicted molar refractivity (Wildman–Crippen MR) is 120 cm³/mol. The number of aliphatic hydroxyl groups is 1. The van der Waals surface area contributed by atoms with Crippen LogP contribution in [0.3, 0.4) is 0 Å². The van der Waals surface area contributed by atoms with E-state index in [1.165, 1.54) is 13.3 Å². The van der Waals surface area contributed by atoms with Crippen molar-refractivity contribution in [2.45, 2.75) is 13.0 Å². The summed E-state index contributed by atoms with van der Waals surface area (Å²) >= 11 is 0. The number of rotatable bonds is 7. The SMILES string of the molecule is COc1cc(NC(C)=O)ccc1-c1cc2c(N[C@H](CO)c3ccccc3)ncnc2[nH]1. The number of anilines is 2. The number of carbonyl (C=O) groups is 1. The number of aliphatic hydroxyl groups excluding tert-OH is 1. The monoisotopic (exact) mass is 417 g/mol. The second-order valence-electron chi connectivity index (χ2n) is 7.05. The van der Waals surface area contributed by atoms with E-state index < -0.39 is 0 Å². The quantitative estimate of drug-likeness (QED) is 0.364. The van der Waals surface area contributed by atoms with Crippen molar-refractivity contribution in [2.24, 2.45) is 0 Å². The smallest absolute Gasteiger partial charge is 0.221 e. The zero-order valence-corrected chi connectivity index (χ0v) is 17.2. The number of hydrogen-bond acceptors (Lipinski definition) is 6. The first-order chi connectivity index (χ1) is 15.1. The van der Waals surface area contributed by atoms with Gasteiger partial charge in [0.1, 0.15) is 23.5 Å². The predicted octanol–water partition coefficient (Wildman–Crippen LogP) is 3.74. The summed E-state index contributed by atoms with van der Waals surface area (Å²) in [6.45, 7) is 1.38. The van der Waals surface area contributed by atoms with Crippen LogP contribution in [0.15, 0.2) is 60.9 Å². The Kier molecular flexibility index (Phi) is 5.81. The van der Waals surface area contributed by atoms with E-state index in [4.69, 9.17) is 4.74 Å². The van der Waals surface area contributed by atoms with Crippen molar-refractivity contribution in [1.82, 2.24) is 15.0 Å². The lowest BCUT2D eigenvalue weighted by atomic mass is 10.1. The lowest BCUT2D eigenvalue weighted by Gasteiger charge is -2.17. The highest BCUT2D eigenvalue weighted by Gasteiger charge is 2.16. The summed E-state index contributed by atoms with van der Waals surface area (Å²) in [6, 6.07) is 16.8. The minimum atomic E-state index is -0.302. The standard InChI is InChI=1S/C23H23N5O3/c1-14(30)26-16-8-9-17(21(10-16)31-2)19-11-18-22(27-19)24-13-25-23(18)28-20(12-29)15-6-4-3-5-7-15/h3-11,13,20,29H,12H2,1-2H3,(H,26,30)(H2,24,25,27,28)/t20-/m1/s1. The van der Waals surface area contributed by atoms with Crippen molar-refractivity contribution in [1.29, 1.82) is 0 Å². The number of amides is 1. The van der Waals surface area contributed by atoms with Gasteiger partial charge in [-0.05, 0) is 23.8 Å². The van der Waals surface area contributed by atoms with Gasteiger partial charge in [-0.25, -0.2) is 9.97 Å². The Hall–Kier alpha value is -3.91. The topological polar surface area (TPSA) is 112 Å². The second-order valence-corrected chi connectivity index (χ2v) is 7.05. The minimum Gasteiger partial charge on any atom is -0.496 e. The van der Waals surface area contributed by atoms with E-state index >= 15 is 0 Å². The van der Waals surface area contributed by atoms with Gasteiger partial charge >= 0.3 is 0 Å². The largest absolute Gasteiger partial charge is 0.496 e. The van der Waals surface area contributed by atoms with Crippen molar-refractivity contribution in [3.63, 3.8) is 0 Å². The molecular weight excluding hydrogens is 394 g/mol. The maximum atomic E-state index is 11.3. The molecule has 4 N–H and O–H groups in total. The van der Waals surface area contributed by atoms with Gasteiger partial charge in [-0.1, -0.05) is 30.3 Å². The van der Waals surface area contributed by atoms with Gasteiger partial charge in [-0.2, -0.15) is 0 Å². The third-order valence-corrected chi connectivity index (χ3v) is 4.93. The zero-order chi connectivity index (χ0) is 21.8. The molecule has 8 heteroatoms. The van der Waals surface area contributed by atoms with Crippen LogP contribution in [-0.2, 0) is 4.79 Å². The van der Waals surface area contributed by atoms with Crippen LogP contribution in [0, 0.1) is 0 Å². The number of methoxy groups -OCH3 is 1. The molecule has 0 aliphatic heterocycles. The lowest BCUT2D eigenvalue weighted by Crippen LogP contribution is -2.15. The minimum absolute atomic E-state index is 0.0782. The molecule has 0 saturated heterocycles. The Morgan fingerprint density at radius 1 is 1.16 bits per heavy atom. The number of ether oxygens (including phenoxy) is 1. The average molecular weight is 417 g/mol. The number of H-pyrrole nitrogens is 1. The fraction of sp³-hybridized carbons (Fsp3) is 0.174. The second kappa shape index (κ2) is 8.85. The molecule has 0 radical (unpaired) electrons. The van der Waals surface area contributed by atoms with Crippen LogP contribution in [0.5, 0.6) is 5.75 Å². The summed E-state index contributed by atoms with van der Waals surface area (Å²) in [5.74, 6) is 1.07. The molecule has 2 heterocycles. The highest BCUT2D eigenvalue weighted by Crippen LogP contribution is 2.35. The van der Waals surface area contributed by atoms with Gasteiger partial charge < -0.3 is 25.5 Å². The Bertz CT molecular complexity index is 1210. The van der Waals surface area contributed by atoms with E-state index in [-0.39, 0.29) is 18.6 Å². The number of carbonyl (C=O) groups excluding carboxylic acids is 1. The van der Waals surface area contributed by atoms with Crippen LogP contribution < -0.4 is 15.4 Å².